The van der Waals surface area contributed by atoms with Gasteiger partial charge in [0, 0.05) is 23.6 Å². The standard InChI is InChI=1S/C26H32N2O7/c1-8-33-19(29)15-16-13-14-27(23(31)34-25(2,3)4)22(30)21-20(16)17-11-9-10-12-18(17)28(21)24(32)35-26(5,6)7/h9-12,15H,8,13-14H2,1-7H3. The molecule has 0 N–H and O–H groups in total. The van der Waals surface area contributed by atoms with Crippen LogP contribution in [0.4, 0.5) is 9.59 Å². The molecule has 1 aliphatic rings. The van der Waals surface area contributed by atoms with Gasteiger partial charge in [0.15, 0.2) is 0 Å². The van der Waals surface area contributed by atoms with Gasteiger partial charge in [-0.3, -0.25) is 4.79 Å². The van der Waals surface area contributed by atoms with Crippen molar-refractivity contribution >= 4 is 40.5 Å². The zero-order valence-corrected chi connectivity index (χ0v) is 21.3. The minimum Gasteiger partial charge on any atom is -0.463 e. The van der Waals surface area contributed by atoms with E-state index in [0.29, 0.717) is 22.0 Å². The molecule has 188 valence electrons. The van der Waals surface area contributed by atoms with Crippen LogP contribution in [0.3, 0.4) is 0 Å². The zero-order chi connectivity index (χ0) is 26.1. The molecule has 0 saturated carbocycles. The van der Waals surface area contributed by atoms with E-state index >= 15 is 0 Å². The van der Waals surface area contributed by atoms with Gasteiger partial charge in [0.1, 0.15) is 16.9 Å². The molecular formula is C26H32N2O7. The number of imide groups is 1. The predicted molar refractivity (Wildman–Crippen MR) is 130 cm³/mol. The van der Waals surface area contributed by atoms with Crippen molar-refractivity contribution in [3.63, 3.8) is 0 Å². The summed E-state index contributed by atoms with van der Waals surface area (Å²) in [5, 5.41) is 0.572. The van der Waals surface area contributed by atoms with Crippen molar-refractivity contribution in [3.05, 3.63) is 41.6 Å². The number of fused-ring (bicyclic) bond motifs is 3. The maximum Gasteiger partial charge on any atom is 0.419 e. The molecule has 0 atom stereocenters. The third-order valence-corrected chi connectivity index (χ3v) is 5.02. The van der Waals surface area contributed by atoms with Crippen LogP contribution < -0.4 is 0 Å². The van der Waals surface area contributed by atoms with Crippen LogP contribution in [0.25, 0.3) is 16.5 Å². The SMILES string of the molecule is CCOC(=O)C=C1CCN(C(=O)OC(C)(C)C)C(=O)c2c1c1ccccc1n2C(=O)OC(C)(C)C. The molecule has 9 heteroatoms. The van der Waals surface area contributed by atoms with Gasteiger partial charge in [-0.05, 0) is 66.5 Å². The number of carbonyl (C=O) groups is 4. The summed E-state index contributed by atoms with van der Waals surface area (Å²) >= 11 is 0. The van der Waals surface area contributed by atoms with Crippen molar-refractivity contribution in [2.45, 2.75) is 66.1 Å². The van der Waals surface area contributed by atoms with Gasteiger partial charge in [-0.2, -0.15) is 0 Å². The van der Waals surface area contributed by atoms with E-state index in [0.717, 1.165) is 4.90 Å². The summed E-state index contributed by atoms with van der Waals surface area (Å²) in [7, 11) is 0. The Labute approximate surface area is 204 Å². The Kier molecular flexibility index (Phi) is 7.10. The van der Waals surface area contributed by atoms with Crippen molar-refractivity contribution in [2.24, 2.45) is 0 Å². The number of nitrogens with zero attached hydrogens (tertiary/aromatic N) is 2. The third-order valence-electron chi connectivity index (χ3n) is 5.02. The minimum atomic E-state index is -0.841. The maximum atomic E-state index is 13.8. The number of hydrogen-bond acceptors (Lipinski definition) is 7. The molecule has 9 nitrogen and oxygen atoms in total. The molecule has 0 unspecified atom stereocenters. The van der Waals surface area contributed by atoms with Crippen LogP contribution in [-0.2, 0) is 19.0 Å². The van der Waals surface area contributed by atoms with Gasteiger partial charge in [0.25, 0.3) is 5.91 Å². The highest BCUT2D eigenvalue weighted by Crippen LogP contribution is 2.37. The molecule has 0 fully saturated rings. The first-order valence-electron chi connectivity index (χ1n) is 11.5. The summed E-state index contributed by atoms with van der Waals surface area (Å²) in [4.78, 5) is 53.5. The largest absolute Gasteiger partial charge is 0.463 e. The van der Waals surface area contributed by atoms with Gasteiger partial charge in [-0.15, -0.1) is 0 Å². The van der Waals surface area contributed by atoms with Crippen LogP contribution in [0, 0.1) is 0 Å². The van der Waals surface area contributed by atoms with Gasteiger partial charge in [-0.1, -0.05) is 18.2 Å². The Balaban J connectivity index is 2.31. The second-order valence-electron chi connectivity index (χ2n) is 10.2. The molecule has 35 heavy (non-hydrogen) atoms. The highest BCUT2D eigenvalue weighted by Gasteiger charge is 2.38. The van der Waals surface area contributed by atoms with Crippen LogP contribution in [0.15, 0.2) is 30.3 Å². The lowest BCUT2D eigenvalue weighted by atomic mass is 9.99. The smallest absolute Gasteiger partial charge is 0.419 e. The summed E-state index contributed by atoms with van der Waals surface area (Å²) in [6.45, 7) is 12.1. The molecule has 2 aromatic rings. The quantitative estimate of drug-likeness (QED) is 0.330. The number of hydrogen-bond donors (Lipinski definition) is 0. The fourth-order valence-electron chi connectivity index (χ4n) is 3.81. The second-order valence-corrected chi connectivity index (χ2v) is 10.2. The second kappa shape index (κ2) is 9.56. The first-order valence-corrected chi connectivity index (χ1v) is 11.5. The van der Waals surface area contributed by atoms with E-state index in [1.54, 1.807) is 72.7 Å². The van der Waals surface area contributed by atoms with Crippen LogP contribution in [0.1, 0.15) is 70.9 Å². The highest BCUT2D eigenvalue weighted by molar-refractivity contribution is 6.15. The number of amides is 2. The van der Waals surface area contributed by atoms with Gasteiger partial charge in [-0.25, -0.2) is 23.9 Å². The summed E-state index contributed by atoms with van der Waals surface area (Å²) in [5.41, 5.74) is -0.474. The molecule has 0 spiro atoms. The molecule has 0 saturated heterocycles. The predicted octanol–water partition coefficient (Wildman–Crippen LogP) is 5.15. The first kappa shape index (κ1) is 26.0. The topological polar surface area (TPSA) is 104 Å². The van der Waals surface area contributed by atoms with Crippen LogP contribution in [0.2, 0.25) is 0 Å². The van der Waals surface area contributed by atoms with Gasteiger partial charge in [0.2, 0.25) is 0 Å². The number of benzene rings is 1. The molecule has 2 heterocycles. The summed E-state index contributed by atoms with van der Waals surface area (Å²) in [5.74, 6) is -1.30. The number of esters is 1. The molecule has 0 radical (unpaired) electrons. The van der Waals surface area contributed by atoms with E-state index in [4.69, 9.17) is 14.2 Å². The Morgan fingerprint density at radius 3 is 2.17 bits per heavy atom. The van der Waals surface area contributed by atoms with Crippen molar-refractivity contribution < 1.29 is 33.4 Å². The van der Waals surface area contributed by atoms with Crippen molar-refractivity contribution in [1.29, 1.82) is 0 Å². The lowest BCUT2D eigenvalue weighted by Crippen LogP contribution is -2.42. The lowest BCUT2D eigenvalue weighted by Gasteiger charge is -2.26. The molecule has 1 aromatic heterocycles. The number of para-hydroxylation sites is 1. The maximum absolute atomic E-state index is 13.8. The van der Waals surface area contributed by atoms with E-state index in [2.05, 4.69) is 0 Å². The van der Waals surface area contributed by atoms with Crippen molar-refractivity contribution in [3.8, 4) is 0 Å². The van der Waals surface area contributed by atoms with E-state index in [1.807, 2.05) is 0 Å². The third kappa shape index (κ3) is 5.72. The normalized spacial score (nSPS) is 15.6. The fourth-order valence-corrected chi connectivity index (χ4v) is 3.81. The Morgan fingerprint density at radius 2 is 1.57 bits per heavy atom. The van der Waals surface area contributed by atoms with Crippen molar-refractivity contribution in [1.82, 2.24) is 9.47 Å². The van der Waals surface area contributed by atoms with E-state index in [-0.39, 0.29) is 25.3 Å². The number of carbonyl (C=O) groups excluding carboxylic acids is 4. The van der Waals surface area contributed by atoms with E-state index < -0.39 is 35.3 Å². The zero-order valence-electron chi connectivity index (χ0n) is 21.3. The van der Waals surface area contributed by atoms with Gasteiger partial charge >= 0.3 is 18.2 Å². The fraction of sp³-hybridized carbons (Fsp3) is 0.462. The highest BCUT2D eigenvalue weighted by atomic mass is 16.6. The monoisotopic (exact) mass is 484 g/mol. The van der Waals surface area contributed by atoms with E-state index in [9.17, 15) is 19.2 Å². The molecule has 2 amide bonds. The Morgan fingerprint density at radius 1 is 0.971 bits per heavy atom. The number of ether oxygens (including phenoxy) is 3. The van der Waals surface area contributed by atoms with E-state index in [1.165, 1.54) is 10.6 Å². The molecule has 0 bridgehead atoms. The minimum absolute atomic E-state index is 0.0453. The molecule has 1 aromatic carbocycles. The van der Waals surface area contributed by atoms with Crippen LogP contribution in [0.5, 0.6) is 0 Å². The lowest BCUT2D eigenvalue weighted by molar-refractivity contribution is -0.137. The van der Waals surface area contributed by atoms with Crippen LogP contribution >= 0.6 is 0 Å². The van der Waals surface area contributed by atoms with Gasteiger partial charge in [0.05, 0.1) is 12.1 Å². The summed E-state index contributed by atoms with van der Waals surface area (Å²) in [6.07, 6.45) is -0.143. The molecular weight excluding hydrogens is 452 g/mol. The summed E-state index contributed by atoms with van der Waals surface area (Å²) in [6, 6.07) is 6.93. The number of rotatable bonds is 2. The Bertz CT molecular complexity index is 1210. The first-order chi connectivity index (χ1) is 16.2. The van der Waals surface area contributed by atoms with Gasteiger partial charge < -0.3 is 14.2 Å². The summed E-state index contributed by atoms with van der Waals surface area (Å²) < 4.78 is 17.3. The van der Waals surface area contributed by atoms with Crippen LogP contribution in [-0.4, -0.2) is 57.9 Å². The van der Waals surface area contributed by atoms with Crippen molar-refractivity contribution in [2.75, 3.05) is 13.2 Å². The average molecular weight is 485 g/mol. The molecule has 3 rings (SSSR count). The Hall–Kier alpha value is -3.62. The average Bonchev–Trinajstić information content (AvgIpc) is 2.99. The number of aromatic nitrogens is 1. The molecule has 1 aliphatic heterocycles. The molecule has 0 aliphatic carbocycles.